The van der Waals surface area contributed by atoms with E-state index in [1.807, 2.05) is 48.5 Å². The van der Waals surface area contributed by atoms with Crippen LogP contribution in [-0.4, -0.2) is 62.7 Å². The summed E-state index contributed by atoms with van der Waals surface area (Å²) in [5.41, 5.74) is 2.20. The van der Waals surface area contributed by atoms with E-state index in [0.29, 0.717) is 37.8 Å². The van der Waals surface area contributed by atoms with E-state index in [9.17, 15) is 5.11 Å². The summed E-state index contributed by atoms with van der Waals surface area (Å²) >= 11 is 0. The Labute approximate surface area is 179 Å². The SMILES string of the molecule is COc1ccc(CN(C[C@H](O)COCc2ccccc2)C[C@@H]2CCCO2)cc1OC. The van der Waals surface area contributed by atoms with Crippen LogP contribution in [0.5, 0.6) is 11.5 Å². The molecule has 2 aromatic carbocycles. The molecule has 1 saturated heterocycles. The molecule has 1 heterocycles. The van der Waals surface area contributed by atoms with Gasteiger partial charge in [0.15, 0.2) is 11.5 Å². The van der Waals surface area contributed by atoms with Crippen LogP contribution in [0.15, 0.2) is 48.5 Å². The number of aliphatic hydroxyl groups excluding tert-OH is 1. The molecule has 0 radical (unpaired) electrons. The van der Waals surface area contributed by atoms with Gasteiger partial charge in [-0.3, -0.25) is 4.90 Å². The molecular weight excluding hydrogens is 382 g/mol. The van der Waals surface area contributed by atoms with Gasteiger partial charge in [-0.25, -0.2) is 0 Å². The second-order valence-corrected chi connectivity index (χ2v) is 7.67. The summed E-state index contributed by atoms with van der Waals surface area (Å²) in [5, 5.41) is 10.6. The zero-order valence-electron chi connectivity index (χ0n) is 18.0. The maximum Gasteiger partial charge on any atom is 0.161 e. The van der Waals surface area contributed by atoms with Gasteiger partial charge < -0.3 is 24.1 Å². The summed E-state index contributed by atoms with van der Waals surface area (Å²) in [4.78, 5) is 2.23. The normalized spacial score (nSPS) is 17.3. The van der Waals surface area contributed by atoms with Gasteiger partial charge in [0.05, 0.1) is 39.6 Å². The molecule has 2 aromatic rings. The number of nitrogens with zero attached hydrogens (tertiary/aromatic N) is 1. The van der Waals surface area contributed by atoms with E-state index in [0.717, 1.165) is 37.1 Å². The van der Waals surface area contributed by atoms with Crippen LogP contribution < -0.4 is 9.47 Å². The smallest absolute Gasteiger partial charge is 0.161 e. The highest BCUT2D eigenvalue weighted by Crippen LogP contribution is 2.28. The first kappa shape index (κ1) is 22.6. The molecular formula is C24H33NO5. The van der Waals surface area contributed by atoms with E-state index in [2.05, 4.69) is 4.90 Å². The summed E-state index contributed by atoms with van der Waals surface area (Å²) in [7, 11) is 3.27. The number of rotatable bonds is 12. The van der Waals surface area contributed by atoms with Crippen LogP contribution in [0.3, 0.4) is 0 Å². The van der Waals surface area contributed by atoms with Gasteiger partial charge in [0.2, 0.25) is 0 Å². The zero-order chi connectivity index (χ0) is 21.2. The minimum Gasteiger partial charge on any atom is -0.493 e. The molecule has 0 aliphatic carbocycles. The standard InChI is InChI=1S/C24H33NO5/c1-27-23-11-10-20(13-24(23)28-2)14-25(16-22-9-6-12-30-22)15-21(26)18-29-17-19-7-4-3-5-8-19/h3-5,7-8,10-11,13,21-22,26H,6,9,12,14-18H2,1-2H3/t21-,22-/m0/s1. The molecule has 1 N–H and O–H groups in total. The van der Waals surface area contributed by atoms with Gasteiger partial charge in [0.25, 0.3) is 0 Å². The average molecular weight is 416 g/mol. The van der Waals surface area contributed by atoms with Gasteiger partial charge in [-0.15, -0.1) is 0 Å². The van der Waals surface area contributed by atoms with Crippen molar-refractivity contribution in [2.24, 2.45) is 0 Å². The van der Waals surface area contributed by atoms with Crippen molar-refractivity contribution in [3.8, 4) is 11.5 Å². The van der Waals surface area contributed by atoms with Crippen LogP contribution in [0.2, 0.25) is 0 Å². The van der Waals surface area contributed by atoms with Crippen LogP contribution in [0.25, 0.3) is 0 Å². The lowest BCUT2D eigenvalue weighted by Gasteiger charge is -2.27. The Balaban J connectivity index is 1.57. The highest BCUT2D eigenvalue weighted by molar-refractivity contribution is 5.42. The quantitative estimate of drug-likeness (QED) is 0.574. The summed E-state index contributed by atoms with van der Waals surface area (Å²) in [5.74, 6) is 1.42. The molecule has 1 aliphatic rings. The van der Waals surface area contributed by atoms with E-state index in [1.165, 1.54) is 0 Å². The fourth-order valence-electron chi connectivity index (χ4n) is 3.75. The first-order valence-electron chi connectivity index (χ1n) is 10.5. The molecule has 0 amide bonds. The molecule has 6 nitrogen and oxygen atoms in total. The molecule has 0 unspecified atom stereocenters. The molecule has 3 rings (SSSR count). The van der Waals surface area contributed by atoms with Gasteiger partial charge in [-0.1, -0.05) is 36.4 Å². The minimum absolute atomic E-state index is 0.211. The second kappa shape index (κ2) is 11.9. The third kappa shape index (κ3) is 6.99. The van der Waals surface area contributed by atoms with Gasteiger partial charge in [-0.2, -0.15) is 0 Å². The molecule has 0 aromatic heterocycles. The van der Waals surface area contributed by atoms with Crippen molar-refractivity contribution in [2.45, 2.75) is 38.2 Å². The molecule has 6 heteroatoms. The lowest BCUT2D eigenvalue weighted by molar-refractivity contribution is -0.00288. The number of methoxy groups -OCH3 is 2. The number of benzene rings is 2. The molecule has 30 heavy (non-hydrogen) atoms. The highest BCUT2D eigenvalue weighted by Gasteiger charge is 2.22. The predicted molar refractivity (Wildman–Crippen MR) is 116 cm³/mol. The first-order chi connectivity index (χ1) is 14.7. The van der Waals surface area contributed by atoms with Crippen LogP contribution in [0.4, 0.5) is 0 Å². The van der Waals surface area contributed by atoms with Gasteiger partial charge in [-0.05, 0) is 36.1 Å². The number of hydrogen-bond donors (Lipinski definition) is 1. The van der Waals surface area contributed by atoms with Gasteiger partial charge >= 0.3 is 0 Å². The van der Waals surface area contributed by atoms with Crippen molar-refractivity contribution in [2.75, 3.05) is 40.5 Å². The Morgan fingerprint density at radius 2 is 1.87 bits per heavy atom. The van der Waals surface area contributed by atoms with Crippen molar-refractivity contribution < 1.29 is 24.1 Å². The summed E-state index contributed by atoms with van der Waals surface area (Å²) in [6, 6.07) is 15.9. The van der Waals surface area contributed by atoms with Crippen LogP contribution in [-0.2, 0) is 22.6 Å². The number of ether oxygens (including phenoxy) is 4. The molecule has 0 spiro atoms. The van der Waals surface area contributed by atoms with Crippen molar-refractivity contribution in [3.63, 3.8) is 0 Å². The Bertz CT molecular complexity index is 749. The van der Waals surface area contributed by atoms with Crippen LogP contribution >= 0.6 is 0 Å². The van der Waals surface area contributed by atoms with Crippen molar-refractivity contribution in [3.05, 3.63) is 59.7 Å². The first-order valence-corrected chi connectivity index (χ1v) is 10.5. The second-order valence-electron chi connectivity index (χ2n) is 7.67. The van der Waals surface area contributed by atoms with E-state index in [1.54, 1.807) is 14.2 Å². The van der Waals surface area contributed by atoms with Crippen molar-refractivity contribution >= 4 is 0 Å². The monoisotopic (exact) mass is 415 g/mol. The summed E-state index contributed by atoms with van der Waals surface area (Å²) in [6.45, 7) is 3.60. The maximum absolute atomic E-state index is 10.6. The van der Waals surface area contributed by atoms with Crippen molar-refractivity contribution in [1.29, 1.82) is 0 Å². The van der Waals surface area contributed by atoms with Crippen molar-refractivity contribution in [1.82, 2.24) is 4.90 Å². The Kier molecular flexibility index (Phi) is 8.96. The van der Waals surface area contributed by atoms with E-state index in [-0.39, 0.29) is 6.10 Å². The Hall–Kier alpha value is -2.12. The largest absolute Gasteiger partial charge is 0.493 e. The van der Waals surface area contributed by atoms with Gasteiger partial charge in [0, 0.05) is 26.2 Å². The fourth-order valence-corrected chi connectivity index (χ4v) is 3.75. The zero-order valence-corrected chi connectivity index (χ0v) is 18.0. The predicted octanol–water partition coefficient (Wildman–Crippen LogP) is 3.26. The molecule has 0 saturated carbocycles. The van der Waals surface area contributed by atoms with Crippen LogP contribution in [0, 0.1) is 0 Å². The fraction of sp³-hybridized carbons (Fsp3) is 0.500. The molecule has 164 valence electrons. The number of aliphatic hydroxyl groups is 1. The topological polar surface area (TPSA) is 60.4 Å². The summed E-state index contributed by atoms with van der Waals surface area (Å²) < 4.78 is 22.3. The van der Waals surface area contributed by atoms with E-state index >= 15 is 0 Å². The minimum atomic E-state index is -0.574. The molecule has 1 aliphatic heterocycles. The number of hydrogen-bond acceptors (Lipinski definition) is 6. The average Bonchev–Trinajstić information content (AvgIpc) is 3.27. The molecule has 2 atom stereocenters. The Morgan fingerprint density at radius 3 is 2.57 bits per heavy atom. The lowest BCUT2D eigenvalue weighted by atomic mass is 10.1. The summed E-state index contributed by atoms with van der Waals surface area (Å²) in [6.07, 6.45) is 1.79. The third-order valence-corrected chi connectivity index (χ3v) is 5.23. The molecule has 1 fully saturated rings. The van der Waals surface area contributed by atoms with E-state index in [4.69, 9.17) is 18.9 Å². The highest BCUT2D eigenvalue weighted by atomic mass is 16.5. The Morgan fingerprint density at radius 1 is 1.07 bits per heavy atom. The maximum atomic E-state index is 10.6. The van der Waals surface area contributed by atoms with Gasteiger partial charge in [0.1, 0.15) is 0 Å². The third-order valence-electron chi connectivity index (χ3n) is 5.23. The van der Waals surface area contributed by atoms with E-state index < -0.39 is 6.10 Å². The molecule has 0 bridgehead atoms. The van der Waals surface area contributed by atoms with Crippen LogP contribution in [0.1, 0.15) is 24.0 Å². The lowest BCUT2D eigenvalue weighted by Crippen LogP contribution is -2.39.